The van der Waals surface area contributed by atoms with Crippen molar-refractivity contribution in [1.29, 1.82) is 5.26 Å². The monoisotopic (exact) mass is 199 g/mol. The van der Waals surface area contributed by atoms with Gasteiger partial charge in [-0.1, -0.05) is 23.1 Å². The van der Waals surface area contributed by atoms with Crippen molar-refractivity contribution in [2.45, 2.75) is 23.6 Å². The summed E-state index contributed by atoms with van der Waals surface area (Å²) in [6, 6.07) is 2.13. The maximum atomic E-state index is 8.27. The number of hydrogen-bond donors (Lipinski definition) is 0. The minimum atomic E-state index is 0.663. The molecule has 0 bridgehead atoms. The maximum absolute atomic E-state index is 8.27. The summed E-state index contributed by atoms with van der Waals surface area (Å²) in [6.45, 7) is 0. The van der Waals surface area contributed by atoms with Gasteiger partial charge in [-0.15, -0.1) is 10.2 Å². The highest BCUT2D eigenvalue weighted by Crippen LogP contribution is 2.20. The van der Waals surface area contributed by atoms with Crippen LogP contribution in [0.4, 0.5) is 0 Å². The van der Waals surface area contributed by atoms with Crippen LogP contribution in [0.2, 0.25) is 0 Å². The van der Waals surface area contributed by atoms with Gasteiger partial charge in [0.2, 0.25) is 0 Å². The predicted molar refractivity (Wildman–Crippen MR) is 50.1 cm³/mol. The molecule has 12 heavy (non-hydrogen) atoms. The van der Waals surface area contributed by atoms with E-state index in [0.29, 0.717) is 6.42 Å². The van der Waals surface area contributed by atoms with Crippen LogP contribution in [0.5, 0.6) is 0 Å². The van der Waals surface area contributed by atoms with Gasteiger partial charge in [-0.2, -0.15) is 5.26 Å². The third kappa shape index (κ3) is 3.69. The highest BCUT2D eigenvalue weighted by molar-refractivity contribution is 8.00. The number of hydrogen-bond acceptors (Lipinski definition) is 5. The zero-order chi connectivity index (χ0) is 8.65. The number of aromatic nitrogens is 2. The van der Waals surface area contributed by atoms with E-state index in [9.17, 15) is 0 Å². The Morgan fingerprint density at radius 1 is 1.58 bits per heavy atom. The number of unbranched alkanes of at least 4 members (excludes halogenated alkanes) is 2. The number of nitriles is 1. The Balaban J connectivity index is 2.01. The molecule has 0 spiro atoms. The van der Waals surface area contributed by atoms with Gasteiger partial charge < -0.3 is 0 Å². The molecule has 0 atom stereocenters. The Hall–Kier alpha value is -0.600. The molecule has 0 amide bonds. The number of thioether (sulfide) groups is 1. The van der Waals surface area contributed by atoms with Gasteiger partial charge in [0.15, 0.2) is 4.34 Å². The quantitative estimate of drug-likeness (QED) is 0.539. The highest BCUT2D eigenvalue weighted by atomic mass is 32.2. The van der Waals surface area contributed by atoms with Crippen molar-refractivity contribution in [3.8, 4) is 6.07 Å². The first-order chi connectivity index (χ1) is 5.93. The molecule has 0 aliphatic heterocycles. The van der Waals surface area contributed by atoms with Crippen LogP contribution in [0.1, 0.15) is 19.3 Å². The number of rotatable bonds is 5. The normalized spacial score (nSPS) is 9.58. The predicted octanol–water partition coefficient (Wildman–Crippen LogP) is 2.32. The van der Waals surface area contributed by atoms with Gasteiger partial charge in [0.1, 0.15) is 5.51 Å². The molecule has 0 saturated heterocycles. The summed E-state index contributed by atoms with van der Waals surface area (Å²) >= 11 is 3.28. The van der Waals surface area contributed by atoms with E-state index < -0.39 is 0 Å². The standard InChI is InChI=1S/C7H9N3S2/c8-4-2-1-3-5-11-7-10-9-6-12-7/h6H,1-3,5H2. The van der Waals surface area contributed by atoms with E-state index in [1.165, 1.54) is 0 Å². The second kappa shape index (κ2) is 5.98. The van der Waals surface area contributed by atoms with Crippen LogP contribution in [-0.2, 0) is 0 Å². The zero-order valence-corrected chi connectivity index (χ0v) is 8.20. The summed E-state index contributed by atoms with van der Waals surface area (Å²) in [6.07, 6.45) is 2.73. The zero-order valence-electron chi connectivity index (χ0n) is 6.56. The Bertz CT molecular complexity index is 240. The van der Waals surface area contributed by atoms with Gasteiger partial charge in [0.05, 0.1) is 6.07 Å². The molecular weight excluding hydrogens is 190 g/mol. The van der Waals surface area contributed by atoms with Crippen LogP contribution in [-0.4, -0.2) is 16.0 Å². The van der Waals surface area contributed by atoms with Crippen LogP contribution in [0.15, 0.2) is 9.85 Å². The third-order valence-corrected chi connectivity index (χ3v) is 3.20. The van der Waals surface area contributed by atoms with Crippen molar-refractivity contribution in [1.82, 2.24) is 10.2 Å². The molecule has 0 N–H and O–H groups in total. The molecule has 1 aromatic rings. The van der Waals surface area contributed by atoms with Crippen molar-refractivity contribution in [2.24, 2.45) is 0 Å². The van der Waals surface area contributed by atoms with E-state index in [4.69, 9.17) is 5.26 Å². The van der Waals surface area contributed by atoms with E-state index in [0.717, 1.165) is 22.9 Å². The lowest BCUT2D eigenvalue weighted by Gasteiger charge is -1.93. The van der Waals surface area contributed by atoms with Gasteiger partial charge in [0.25, 0.3) is 0 Å². The summed E-state index contributed by atoms with van der Waals surface area (Å²) in [4.78, 5) is 0. The van der Waals surface area contributed by atoms with Crippen LogP contribution in [0.25, 0.3) is 0 Å². The molecule has 0 aliphatic carbocycles. The summed E-state index contributed by atoms with van der Waals surface area (Å²) in [5.41, 5.74) is 1.73. The smallest absolute Gasteiger partial charge is 0.174 e. The lowest BCUT2D eigenvalue weighted by molar-refractivity contribution is 0.829. The van der Waals surface area contributed by atoms with Crippen molar-refractivity contribution >= 4 is 23.1 Å². The largest absolute Gasteiger partial charge is 0.198 e. The lowest BCUT2D eigenvalue weighted by atomic mass is 10.3. The van der Waals surface area contributed by atoms with Crippen molar-refractivity contribution in [2.75, 3.05) is 5.75 Å². The average molecular weight is 199 g/mol. The van der Waals surface area contributed by atoms with E-state index >= 15 is 0 Å². The molecule has 1 heterocycles. The molecule has 0 aliphatic rings. The Kier molecular flexibility index (Phi) is 4.73. The Labute approximate surface area is 79.8 Å². The van der Waals surface area contributed by atoms with Gasteiger partial charge in [-0.25, -0.2) is 0 Å². The molecule has 0 fully saturated rings. The molecule has 64 valence electrons. The van der Waals surface area contributed by atoms with E-state index in [-0.39, 0.29) is 0 Å². The van der Waals surface area contributed by atoms with E-state index in [1.54, 1.807) is 28.6 Å². The van der Waals surface area contributed by atoms with Crippen LogP contribution in [0.3, 0.4) is 0 Å². The first kappa shape index (κ1) is 9.49. The second-order valence-electron chi connectivity index (χ2n) is 2.17. The fourth-order valence-corrected chi connectivity index (χ4v) is 2.25. The third-order valence-electron chi connectivity index (χ3n) is 1.25. The molecular formula is C7H9N3S2. The van der Waals surface area contributed by atoms with E-state index in [2.05, 4.69) is 16.3 Å². The summed E-state index contributed by atoms with van der Waals surface area (Å²) < 4.78 is 1.02. The Morgan fingerprint density at radius 3 is 3.17 bits per heavy atom. The van der Waals surface area contributed by atoms with Crippen LogP contribution in [0, 0.1) is 11.3 Å². The minimum Gasteiger partial charge on any atom is -0.198 e. The molecule has 1 rings (SSSR count). The van der Waals surface area contributed by atoms with Crippen LogP contribution < -0.4 is 0 Å². The maximum Gasteiger partial charge on any atom is 0.174 e. The molecule has 0 unspecified atom stereocenters. The van der Waals surface area contributed by atoms with Gasteiger partial charge in [-0.05, 0) is 12.8 Å². The molecule has 3 nitrogen and oxygen atoms in total. The summed E-state index contributed by atoms with van der Waals surface area (Å²) in [5.74, 6) is 1.04. The molecule has 1 aromatic heterocycles. The first-order valence-electron chi connectivity index (χ1n) is 3.69. The van der Waals surface area contributed by atoms with E-state index in [1.807, 2.05) is 0 Å². The fourth-order valence-electron chi connectivity index (χ4n) is 0.691. The van der Waals surface area contributed by atoms with Gasteiger partial charge >= 0.3 is 0 Å². The van der Waals surface area contributed by atoms with Crippen molar-refractivity contribution < 1.29 is 0 Å². The number of nitrogens with zero attached hydrogens (tertiary/aromatic N) is 3. The minimum absolute atomic E-state index is 0.663. The average Bonchev–Trinajstić information content (AvgIpc) is 2.57. The van der Waals surface area contributed by atoms with Crippen LogP contribution >= 0.6 is 23.1 Å². The molecule has 0 radical (unpaired) electrons. The SMILES string of the molecule is N#CCCCCSc1nncs1. The summed E-state index contributed by atoms with van der Waals surface area (Å²) in [7, 11) is 0. The van der Waals surface area contributed by atoms with Gasteiger partial charge in [0, 0.05) is 12.2 Å². The van der Waals surface area contributed by atoms with Crippen molar-refractivity contribution in [3.05, 3.63) is 5.51 Å². The molecule has 5 heteroatoms. The van der Waals surface area contributed by atoms with Gasteiger partial charge in [-0.3, -0.25) is 0 Å². The summed E-state index contributed by atoms with van der Waals surface area (Å²) in [5, 5.41) is 15.9. The lowest BCUT2D eigenvalue weighted by Crippen LogP contribution is -1.79. The topological polar surface area (TPSA) is 49.6 Å². The Morgan fingerprint density at radius 2 is 2.50 bits per heavy atom. The molecule has 0 aromatic carbocycles. The fraction of sp³-hybridized carbons (Fsp3) is 0.571. The second-order valence-corrected chi connectivity index (χ2v) is 4.34. The van der Waals surface area contributed by atoms with Crippen molar-refractivity contribution in [3.63, 3.8) is 0 Å². The highest BCUT2D eigenvalue weighted by Gasteiger charge is 1.96. The molecule has 0 saturated carbocycles. The first-order valence-corrected chi connectivity index (χ1v) is 5.56.